The molecule has 3 amide bonds. The first-order valence-corrected chi connectivity index (χ1v) is 16.3. The topological polar surface area (TPSA) is 131 Å². The molecule has 0 radical (unpaired) electrons. The minimum atomic E-state index is -4.01. The molecule has 1 unspecified atom stereocenters. The van der Waals surface area contributed by atoms with Crippen LogP contribution in [0.3, 0.4) is 0 Å². The molecule has 38 heavy (non-hydrogen) atoms. The van der Waals surface area contributed by atoms with E-state index in [2.05, 4.69) is 28.3 Å². The summed E-state index contributed by atoms with van der Waals surface area (Å²) < 4.78 is 27.9. The third kappa shape index (κ3) is 7.42. The highest BCUT2D eigenvalue weighted by Gasteiger charge is 2.31. The number of sulfonamides is 1. The lowest BCUT2D eigenvalue weighted by Crippen LogP contribution is -2.45. The van der Waals surface area contributed by atoms with E-state index in [1.165, 1.54) is 18.6 Å². The van der Waals surface area contributed by atoms with Crippen LogP contribution in [0.5, 0.6) is 0 Å². The van der Waals surface area contributed by atoms with Gasteiger partial charge in [-0.25, -0.2) is 17.9 Å². The van der Waals surface area contributed by atoms with E-state index in [-0.39, 0.29) is 29.4 Å². The maximum atomic E-state index is 12.9. The monoisotopic (exact) mass is 561 g/mol. The molecule has 1 aliphatic heterocycles. The Bertz CT molecular complexity index is 1110. The molecule has 1 aromatic rings. The highest BCUT2D eigenvalue weighted by molar-refractivity contribution is 7.99. The molecule has 0 spiro atoms. The predicted molar refractivity (Wildman–Crippen MR) is 148 cm³/mol. The molecule has 1 heterocycles. The second-order valence-corrected chi connectivity index (χ2v) is 13.6. The van der Waals surface area contributed by atoms with Crippen molar-refractivity contribution in [2.75, 3.05) is 18.2 Å². The van der Waals surface area contributed by atoms with E-state index in [4.69, 9.17) is 0 Å². The van der Waals surface area contributed by atoms with Gasteiger partial charge in [0.15, 0.2) is 0 Å². The normalized spacial score (nSPS) is 25.4. The zero-order valence-corrected chi connectivity index (χ0v) is 23.7. The summed E-state index contributed by atoms with van der Waals surface area (Å²) in [5.41, 5.74) is 0.914. The molecule has 3 aliphatic rings. The molecule has 2 atom stereocenters. The van der Waals surface area contributed by atoms with Gasteiger partial charge in [-0.3, -0.25) is 4.79 Å². The Morgan fingerprint density at radius 2 is 1.76 bits per heavy atom. The predicted octanol–water partition coefficient (Wildman–Crippen LogP) is 3.89. The van der Waals surface area contributed by atoms with Crippen molar-refractivity contribution in [1.29, 1.82) is 5.26 Å². The summed E-state index contributed by atoms with van der Waals surface area (Å²) in [5, 5.41) is 15.6. The van der Waals surface area contributed by atoms with Crippen molar-refractivity contribution in [3.05, 3.63) is 29.8 Å². The van der Waals surface area contributed by atoms with E-state index >= 15 is 0 Å². The fourth-order valence-electron chi connectivity index (χ4n) is 5.77. The zero-order valence-electron chi connectivity index (χ0n) is 22.0. The quantitative estimate of drug-likeness (QED) is 0.439. The van der Waals surface area contributed by atoms with Gasteiger partial charge >= 0.3 is 6.03 Å². The van der Waals surface area contributed by atoms with Gasteiger partial charge in [0.25, 0.3) is 10.0 Å². The Morgan fingerprint density at radius 1 is 1.08 bits per heavy atom. The minimum Gasteiger partial charge on any atom is -0.335 e. The Hall–Kier alpha value is -2.29. The van der Waals surface area contributed by atoms with Crippen molar-refractivity contribution in [1.82, 2.24) is 20.3 Å². The smallest absolute Gasteiger partial charge is 0.328 e. The summed E-state index contributed by atoms with van der Waals surface area (Å²) in [7, 11) is -4.01. The lowest BCUT2D eigenvalue weighted by atomic mass is 9.81. The van der Waals surface area contributed by atoms with Gasteiger partial charge in [-0.1, -0.05) is 38.3 Å². The second-order valence-electron chi connectivity index (χ2n) is 10.9. The van der Waals surface area contributed by atoms with Crippen LogP contribution in [-0.4, -0.2) is 55.5 Å². The SMILES string of the molecule is CC1CCC(NC(=O)NS(=O)(=O)c2ccc(C(NCC(=O)N3CSC[C@H]3C#N)C3CCCCC3)cc2)CC1. The number of nitriles is 1. The molecule has 0 bridgehead atoms. The summed E-state index contributed by atoms with van der Waals surface area (Å²) in [6.45, 7) is 2.31. The molecule has 3 N–H and O–H groups in total. The first-order valence-electron chi connectivity index (χ1n) is 13.7. The summed E-state index contributed by atoms with van der Waals surface area (Å²) in [5.74, 6) is 2.04. The maximum Gasteiger partial charge on any atom is 0.328 e. The highest BCUT2D eigenvalue weighted by Crippen LogP contribution is 2.35. The van der Waals surface area contributed by atoms with E-state index in [0.717, 1.165) is 56.9 Å². The van der Waals surface area contributed by atoms with Crippen molar-refractivity contribution in [3.8, 4) is 6.07 Å². The van der Waals surface area contributed by atoms with Crippen molar-refractivity contribution in [3.63, 3.8) is 0 Å². The van der Waals surface area contributed by atoms with E-state index in [1.54, 1.807) is 28.8 Å². The van der Waals surface area contributed by atoms with Gasteiger partial charge in [0.05, 0.1) is 23.4 Å². The fraction of sp³-hybridized carbons (Fsp3) is 0.667. The van der Waals surface area contributed by atoms with Gasteiger partial charge in [-0.2, -0.15) is 5.26 Å². The lowest BCUT2D eigenvalue weighted by Gasteiger charge is -2.32. The average molecular weight is 562 g/mol. The van der Waals surface area contributed by atoms with Gasteiger partial charge in [0.1, 0.15) is 6.04 Å². The number of urea groups is 1. The van der Waals surface area contributed by atoms with E-state index in [0.29, 0.717) is 23.5 Å². The molecule has 0 aromatic heterocycles. The summed E-state index contributed by atoms with van der Waals surface area (Å²) in [6, 6.07) is 7.61. The summed E-state index contributed by atoms with van der Waals surface area (Å²) >= 11 is 1.58. The number of nitrogens with one attached hydrogen (secondary N) is 3. The van der Waals surface area contributed by atoms with Crippen LogP contribution >= 0.6 is 11.8 Å². The van der Waals surface area contributed by atoms with E-state index in [1.807, 2.05) is 0 Å². The number of benzene rings is 1. The molecular weight excluding hydrogens is 522 g/mol. The standard InChI is InChI=1S/C27H39N5O4S2/c1-19-7-11-22(12-8-19)30-27(34)31-38(35,36)24-13-9-21(10-14-24)26(20-5-3-2-4-6-20)29-16-25(33)32-18-37-17-23(32)15-28/h9-10,13-14,19-20,22-23,26,29H,2-8,11-12,16-18H2,1H3,(H2,30,31,34)/t19?,22?,23-,26?/m1/s1. The summed E-state index contributed by atoms with van der Waals surface area (Å²) in [6.07, 6.45) is 9.28. The van der Waals surface area contributed by atoms with Crippen LogP contribution in [0.4, 0.5) is 4.79 Å². The Balaban J connectivity index is 1.40. The van der Waals surface area contributed by atoms with Gasteiger partial charge in [0.2, 0.25) is 5.91 Å². The molecule has 3 fully saturated rings. The molecule has 11 heteroatoms. The molecule has 9 nitrogen and oxygen atoms in total. The van der Waals surface area contributed by atoms with Crippen LogP contribution in [0, 0.1) is 23.2 Å². The number of hydrogen-bond acceptors (Lipinski definition) is 7. The maximum absolute atomic E-state index is 12.9. The second kappa shape index (κ2) is 13.2. The average Bonchev–Trinajstić information content (AvgIpc) is 3.40. The Kier molecular flexibility index (Phi) is 9.96. The van der Waals surface area contributed by atoms with Crippen LogP contribution < -0.4 is 15.4 Å². The van der Waals surface area contributed by atoms with Crippen LogP contribution in [0.1, 0.15) is 76.3 Å². The van der Waals surface area contributed by atoms with Crippen LogP contribution in [0.15, 0.2) is 29.2 Å². The Labute approximate surface area is 230 Å². The number of carbonyl (C=O) groups excluding carboxylic acids is 2. The van der Waals surface area contributed by atoms with Gasteiger partial charge < -0.3 is 15.5 Å². The minimum absolute atomic E-state index is 0.00333. The van der Waals surface area contributed by atoms with E-state index < -0.39 is 22.1 Å². The molecule has 4 rings (SSSR count). The van der Waals surface area contributed by atoms with Crippen molar-refractivity contribution in [2.24, 2.45) is 11.8 Å². The van der Waals surface area contributed by atoms with Crippen LogP contribution in [0.25, 0.3) is 0 Å². The molecule has 1 saturated heterocycles. The fourth-order valence-corrected chi connectivity index (χ4v) is 7.79. The molecule has 1 aromatic carbocycles. The van der Waals surface area contributed by atoms with Crippen molar-refractivity contribution >= 4 is 33.7 Å². The first-order chi connectivity index (χ1) is 18.3. The number of amides is 3. The zero-order chi connectivity index (χ0) is 27.1. The number of carbonyl (C=O) groups is 2. The number of rotatable bonds is 8. The summed E-state index contributed by atoms with van der Waals surface area (Å²) in [4.78, 5) is 26.9. The van der Waals surface area contributed by atoms with Gasteiger partial charge in [0, 0.05) is 17.8 Å². The first kappa shape index (κ1) is 28.7. The number of hydrogen-bond donors (Lipinski definition) is 3. The Morgan fingerprint density at radius 3 is 2.42 bits per heavy atom. The lowest BCUT2D eigenvalue weighted by molar-refractivity contribution is -0.130. The molecule has 2 saturated carbocycles. The molecular formula is C27H39N5O4S2. The van der Waals surface area contributed by atoms with E-state index in [9.17, 15) is 23.3 Å². The number of nitrogens with zero attached hydrogens (tertiary/aromatic N) is 2. The van der Waals surface area contributed by atoms with Gasteiger partial charge in [-0.05, 0) is 68.1 Å². The third-order valence-electron chi connectivity index (χ3n) is 8.07. The largest absolute Gasteiger partial charge is 0.335 e. The number of thioether (sulfide) groups is 1. The van der Waals surface area contributed by atoms with Crippen LogP contribution in [0.2, 0.25) is 0 Å². The molecule has 2 aliphatic carbocycles. The van der Waals surface area contributed by atoms with Crippen molar-refractivity contribution < 1.29 is 18.0 Å². The molecule has 208 valence electrons. The third-order valence-corrected chi connectivity index (χ3v) is 10.4. The highest BCUT2D eigenvalue weighted by atomic mass is 32.2. The van der Waals surface area contributed by atoms with Crippen LogP contribution in [-0.2, 0) is 14.8 Å². The van der Waals surface area contributed by atoms with Gasteiger partial charge in [-0.15, -0.1) is 11.8 Å². The van der Waals surface area contributed by atoms with Crippen molar-refractivity contribution in [2.45, 2.75) is 87.7 Å².